The number of carbonyl (C=O) groups excluding carboxylic acids is 2. The number of aliphatic hydroxyl groups is 1. The molecule has 2 amide bonds. The number of likely N-dealkylation sites (N-methyl/N-ethyl adjacent to an activating group) is 1. The van der Waals surface area contributed by atoms with Crippen molar-refractivity contribution in [2.45, 2.75) is 38.8 Å². The van der Waals surface area contributed by atoms with E-state index in [9.17, 15) is 14.7 Å². The number of fused-ring (bicyclic) bond motifs is 1. The maximum Gasteiger partial charge on any atom is 0.228 e. The van der Waals surface area contributed by atoms with E-state index >= 15 is 0 Å². The molecule has 172 valence electrons. The number of nitrogens with one attached hydrogen (secondary N) is 2. The van der Waals surface area contributed by atoms with Gasteiger partial charge in [-0.1, -0.05) is 37.3 Å². The topological polar surface area (TPSA) is 90.9 Å². The molecule has 3 N–H and O–H groups in total. The van der Waals surface area contributed by atoms with Crippen molar-refractivity contribution < 1.29 is 19.4 Å². The largest absolute Gasteiger partial charge is 0.488 e. The second-order valence-electron chi connectivity index (χ2n) is 8.48. The van der Waals surface area contributed by atoms with E-state index in [4.69, 9.17) is 4.74 Å². The van der Waals surface area contributed by atoms with Crippen molar-refractivity contribution in [3.05, 3.63) is 59.7 Å². The summed E-state index contributed by atoms with van der Waals surface area (Å²) < 4.78 is 6.32. The normalized spacial score (nSPS) is 19.8. The lowest BCUT2D eigenvalue weighted by Crippen LogP contribution is -2.47. The Hall–Kier alpha value is -2.90. The minimum Gasteiger partial charge on any atom is -0.488 e. The van der Waals surface area contributed by atoms with Gasteiger partial charge >= 0.3 is 0 Å². The van der Waals surface area contributed by atoms with Gasteiger partial charge in [0.25, 0.3) is 0 Å². The molecule has 0 spiro atoms. The van der Waals surface area contributed by atoms with Gasteiger partial charge in [-0.3, -0.25) is 9.59 Å². The van der Waals surface area contributed by atoms with Gasteiger partial charge in [-0.05, 0) is 37.7 Å². The van der Waals surface area contributed by atoms with Crippen molar-refractivity contribution in [2.75, 3.05) is 32.1 Å². The van der Waals surface area contributed by atoms with Crippen LogP contribution in [0.25, 0.3) is 0 Å². The Morgan fingerprint density at radius 2 is 2.00 bits per heavy atom. The van der Waals surface area contributed by atoms with E-state index in [1.807, 2.05) is 56.4 Å². The number of nitrogens with zero attached hydrogens (tertiary/aromatic N) is 1. The van der Waals surface area contributed by atoms with Crippen LogP contribution < -0.4 is 15.4 Å². The lowest BCUT2D eigenvalue weighted by Gasteiger charge is -2.32. The molecular formula is C25H33N3O4. The third kappa shape index (κ3) is 6.08. The smallest absolute Gasteiger partial charge is 0.228 e. The van der Waals surface area contributed by atoms with Crippen LogP contribution in [0.3, 0.4) is 0 Å². The minimum atomic E-state index is -0.282. The lowest BCUT2D eigenvalue weighted by molar-refractivity contribution is -0.134. The molecule has 7 heteroatoms. The van der Waals surface area contributed by atoms with Crippen LogP contribution in [0.4, 0.5) is 5.69 Å². The second-order valence-corrected chi connectivity index (χ2v) is 8.48. The van der Waals surface area contributed by atoms with Crippen molar-refractivity contribution in [1.82, 2.24) is 10.2 Å². The Morgan fingerprint density at radius 1 is 1.25 bits per heavy atom. The van der Waals surface area contributed by atoms with Gasteiger partial charge in [0.15, 0.2) is 0 Å². The number of amides is 2. The minimum absolute atomic E-state index is 0.0663. The van der Waals surface area contributed by atoms with E-state index in [1.165, 1.54) is 0 Å². The predicted octanol–water partition coefficient (Wildman–Crippen LogP) is 2.24. The maximum atomic E-state index is 13.1. The fourth-order valence-corrected chi connectivity index (χ4v) is 3.94. The van der Waals surface area contributed by atoms with Crippen LogP contribution >= 0.6 is 0 Å². The zero-order chi connectivity index (χ0) is 23.1. The van der Waals surface area contributed by atoms with Gasteiger partial charge in [-0.15, -0.1) is 0 Å². The summed E-state index contributed by atoms with van der Waals surface area (Å²) in [7, 11) is 1.87. The molecule has 3 rings (SSSR count). The third-order valence-corrected chi connectivity index (χ3v) is 5.81. The van der Waals surface area contributed by atoms with Crippen molar-refractivity contribution in [3.63, 3.8) is 0 Å². The first-order valence-corrected chi connectivity index (χ1v) is 11.1. The lowest BCUT2D eigenvalue weighted by atomic mass is 10.0. The van der Waals surface area contributed by atoms with Gasteiger partial charge in [-0.2, -0.15) is 0 Å². The van der Waals surface area contributed by atoms with Crippen LogP contribution in [0.5, 0.6) is 5.75 Å². The van der Waals surface area contributed by atoms with Crippen LogP contribution in [0, 0.1) is 5.92 Å². The Bertz CT molecular complexity index is 919. The van der Waals surface area contributed by atoms with Gasteiger partial charge in [0.05, 0.1) is 25.5 Å². The van der Waals surface area contributed by atoms with Gasteiger partial charge in [0.2, 0.25) is 11.8 Å². The summed E-state index contributed by atoms with van der Waals surface area (Å²) in [6.07, 6.45) is 0.273. The molecule has 0 bridgehead atoms. The van der Waals surface area contributed by atoms with Crippen LogP contribution in [-0.2, 0) is 22.4 Å². The molecular weight excluding hydrogens is 406 g/mol. The molecule has 32 heavy (non-hydrogen) atoms. The molecule has 1 aliphatic heterocycles. The Kier molecular flexibility index (Phi) is 8.25. The average Bonchev–Trinajstić information content (AvgIpc) is 2.82. The molecule has 1 heterocycles. The summed E-state index contributed by atoms with van der Waals surface area (Å²) in [6, 6.07) is 14.7. The number of hydrogen-bond donors (Lipinski definition) is 3. The van der Waals surface area contributed by atoms with E-state index in [-0.39, 0.29) is 49.3 Å². The Balaban J connectivity index is 1.85. The summed E-state index contributed by atoms with van der Waals surface area (Å²) in [5.41, 5.74) is 2.28. The molecule has 0 fully saturated rings. The highest BCUT2D eigenvalue weighted by Gasteiger charge is 2.30. The van der Waals surface area contributed by atoms with Crippen LogP contribution in [0.15, 0.2) is 48.5 Å². The van der Waals surface area contributed by atoms with E-state index in [2.05, 4.69) is 17.6 Å². The molecule has 0 radical (unpaired) electrons. The number of aliphatic hydroxyl groups excluding tert-OH is 1. The molecule has 1 aliphatic rings. The van der Waals surface area contributed by atoms with Crippen LogP contribution in [0.1, 0.15) is 25.0 Å². The van der Waals surface area contributed by atoms with Gasteiger partial charge < -0.3 is 25.4 Å². The van der Waals surface area contributed by atoms with E-state index in [0.717, 1.165) is 11.1 Å². The van der Waals surface area contributed by atoms with Crippen molar-refractivity contribution in [3.8, 4) is 5.75 Å². The first-order valence-electron chi connectivity index (χ1n) is 11.1. The summed E-state index contributed by atoms with van der Waals surface area (Å²) in [5, 5.41) is 15.8. The van der Waals surface area contributed by atoms with Crippen molar-refractivity contribution in [1.29, 1.82) is 0 Å². The third-order valence-electron chi connectivity index (χ3n) is 5.81. The summed E-state index contributed by atoms with van der Waals surface area (Å²) in [5.74, 6) is 0.520. The number of ether oxygens (including phenoxy) is 1. The molecule has 3 atom stereocenters. The monoisotopic (exact) mass is 439 g/mol. The first kappa shape index (κ1) is 23.8. The number of benzene rings is 2. The number of rotatable bonds is 7. The molecule has 2 aromatic rings. The quantitative estimate of drug-likeness (QED) is 0.616. The highest BCUT2D eigenvalue weighted by atomic mass is 16.5. The molecule has 0 aliphatic carbocycles. The highest BCUT2D eigenvalue weighted by Crippen LogP contribution is 2.29. The summed E-state index contributed by atoms with van der Waals surface area (Å²) in [4.78, 5) is 27.4. The number of hydrogen-bond acceptors (Lipinski definition) is 5. The Morgan fingerprint density at radius 3 is 2.69 bits per heavy atom. The SMILES string of the molecule is CNC[C@@H]1Oc2ccc(NC(=O)Cc3ccccc3)cc2CC(=O)N([C@H](C)CO)C[C@H]1C. The molecule has 7 nitrogen and oxygen atoms in total. The number of anilines is 1. The first-order chi connectivity index (χ1) is 15.4. The van der Waals surface area contributed by atoms with E-state index in [1.54, 1.807) is 11.0 Å². The van der Waals surface area contributed by atoms with Crippen LogP contribution in [-0.4, -0.2) is 60.7 Å². The van der Waals surface area contributed by atoms with Gasteiger partial charge in [0.1, 0.15) is 11.9 Å². The van der Waals surface area contributed by atoms with Gasteiger partial charge in [-0.25, -0.2) is 0 Å². The standard InChI is InChI=1S/C25H33N3O4/c1-17-15-28(18(2)16-29)25(31)13-20-12-21(9-10-22(20)32-23(17)14-26-3)27-24(30)11-19-7-5-4-6-8-19/h4-10,12,17-18,23,26,29H,11,13-16H2,1-3H3,(H,27,30)/t17-,18-,23+/m1/s1. The fraction of sp³-hybridized carbons (Fsp3) is 0.440. The highest BCUT2D eigenvalue weighted by molar-refractivity contribution is 5.92. The molecule has 0 aromatic heterocycles. The fourth-order valence-electron chi connectivity index (χ4n) is 3.94. The molecule has 0 saturated heterocycles. The Labute approximate surface area is 189 Å². The molecule has 2 aromatic carbocycles. The summed E-state index contributed by atoms with van der Waals surface area (Å²) in [6.45, 7) is 4.93. The zero-order valence-corrected chi connectivity index (χ0v) is 19.0. The van der Waals surface area contributed by atoms with E-state index < -0.39 is 0 Å². The molecule has 0 saturated carbocycles. The van der Waals surface area contributed by atoms with Crippen molar-refractivity contribution >= 4 is 17.5 Å². The number of carbonyl (C=O) groups is 2. The molecule has 0 unspecified atom stereocenters. The predicted molar refractivity (Wildman–Crippen MR) is 125 cm³/mol. The average molecular weight is 440 g/mol. The second kappa shape index (κ2) is 11.1. The maximum absolute atomic E-state index is 13.1. The summed E-state index contributed by atoms with van der Waals surface area (Å²) >= 11 is 0. The zero-order valence-electron chi connectivity index (χ0n) is 19.0. The van der Waals surface area contributed by atoms with E-state index in [0.29, 0.717) is 24.5 Å². The van der Waals surface area contributed by atoms with Gasteiger partial charge in [0, 0.05) is 30.3 Å². The van der Waals surface area contributed by atoms with Crippen molar-refractivity contribution in [2.24, 2.45) is 5.92 Å². The van der Waals surface area contributed by atoms with Crippen LogP contribution in [0.2, 0.25) is 0 Å².